The van der Waals surface area contributed by atoms with E-state index in [4.69, 9.17) is 9.72 Å². The number of carbonyl (C=O) groups is 1. The van der Waals surface area contributed by atoms with Crippen molar-refractivity contribution in [3.05, 3.63) is 23.1 Å². The molecule has 1 atom stereocenters. The SMILES string of the molecule is Cc1nc([C@@H]2CCCCN2C(=O)C2CCOCC2)c2sccn12. The second-order valence-corrected chi connectivity index (χ2v) is 7.45. The zero-order valence-electron chi connectivity index (χ0n) is 13.5. The number of amides is 1. The Hall–Kier alpha value is -1.40. The molecule has 2 aliphatic rings. The van der Waals surface area contributed by atoms with Crippen molar-refractivity contribution in [2.75, 3.05) is 19.8 Å². The lowest BCUT2D eigenvalue weighted by Gasteiger charge is -2.38. The first-order valence-electron chi connectivity index (χ1n) is 8.56. The van der Waals surface area contributed by atoms with Crippen molar-refractivity contribution in [2.24, 2.45) is 5.92 Å². The number of hydrogen-bond donors (Lipinski definition) is 0. The fourth-order valence-corrected chi connectivity index (χ4v) is 4.79. The van der Waals surface area contributed by atoms with E-state index in [2.05, 4.69) is 20.9 Å². The maximum absolute atomic E-state index is 13.1. The van der Waals surface area contributed by atoms with Crippen LogP contribution in [0.1, 0.15) is 49.7 Å². The van der Waals surface area contributed by atoms with Gasteiger partial charge in [-0.3, -0.25) is 9.20 Å². The standard InChI is InChI=1S/C17H23N3O2S/c1-12-18-15(17-19(12)8-11-23-17)14-4-2-3-7-20(14)16(21)13-5-9-22-10-6-13/h8,11,13-14H,2-7,9-10H2,1H3/t14-/m0/s1. The highest BCUT2D eigenvalue weighted by Gasteiger charge is 2.35. The number of thiazole rings is 1. The third-order valence-electron chi connectivity index (χ3n) is 5.13. The molecule has 5 nitrogen and oxygen atoms in total. The van der Waals surface area contributed by atoms with Gasteiger partial charge in [-0.2, -0.15) is 0 Å². The highest BCUT2D eigenvalue weighted by atomic mass is 32.1. The summed E-state index contributed by atoms with van der Waals surface area (Å²) in [5, 5.41) is 2.10. The Bertz CT molecular complexity index is 702. The van der Waals surface area contributed by atoms with Crippen LogP contribution in [0.3, 0.4) is 0 Å². The molecule has 2 aromatic heterocycles. The number of carbonyl (C=O) groups excluding carboxylic acids is 1. The minimum absolute atomic E-state index is 0.131. The highest BCUT2D eigenvalue weighted by molar-refractivity contribution is 7.15. The van der Waals surface area contributed by atoms with Gasteiger partial charge in [0.15, 0.2) is 0 Å². The van der Waals surface area contributed by atoms with Crippen LogP contribution < -0.4 is 0 Å². The summed E-state index contributed by atoms with van der Waals surface area (Å²) in [6, 6.07) is 0.140. The van der Waals surface area contributed by atoms with Gasteiger partial charge in [0.25, 0.3) is 0 Å². The van der Waals surface area contributed by atoms with Crippen LogP contribution in [0.25, 0.3) is 4.83 Å². The lowest BCUT2D eigenvalue weighted by atomic mass is 9.93. The van der Waals surface area contributed by atoms with Crippen LogP contribution in [-0.4, -0.2) is 40.0 Å². The van der Waals surface area contributed by atoms with E-state index in [-0.39, 0.29) is 12.0 Å². The van der Waals surface area contributed by atoms with Gasteiger partial charge in [-0.15, -0.1) is 11.3 Å². The zero-order chi connectivity index (χ0) is 15.8. The van der Waals surface area contributed by atoms with E-state index >= 15 is 0 Å². The summed E-state index contributed by atoms with van der Waals surface area (Å²) in [7, 11) is 0. The molecule has 2 aromatic rings. The Morgan fingerprint density at radius 3 is 2.96 bits per heavy atom. The second-order valence-electron chi connectivity index (χ2n) is 6.55. The van der Waals surface area contributed by atoms with Crippen LogP contribution in [0.15, 0.2) is 11.6 Å². The largest absolute Gasteiger partial charge is 0.381 e. The smallest absolute Gasteiger partial charge is 0.226 e. The predicted molar refractivity (Wildman–Crippen MR) is 89.7 cm³/mol. The summed E-state index contributed by atoms with van der Waals surface area (Å²) >= 11 is 1.72. The number of likely N-dealkylation sites (tertiary alicyclic amines) is 1. The highest BCUT2D eigenvalue weighted by Crippen LogP contribution is 2.36. The summed E-state index contributed by atoms with van der Waals surface area (Å²) in [6.45, 7) is 4.34. The van der Waals surface area contributed by atoms with Crippen molar-refractivity contribution in [3.8, 4) is 0 Å². The Morgan fingerprint density at radius 1 is 1.30 bits per heavy atom. The fourth-order valence-electron chi connectivity index (χ4n) is 3.87. The van der Waals surface area contributed by atoms with Gasteiger partial charge in [0.2, 0.25) is 5.91 Å². The molecule has 2 fully saturated rings. The first-order chi connectivity index (χ1) is 11.3. The quantitative estimate of drug-likeness (QED) is 0.848. The Balaban J connectivity index is 1.65. The summed E-state index contributed by atoms with van der Waals surface area (Å²) < 4.78 is 7.56. The van der Waals surface area contributed by atoms with E-state index in [1.54, 1.807) is 11.3 Å². The van der Waals surface area contributed by atoms with Gasteiger partial charge in [-0.25, -0.2) is 4.98 Å². The molecule has 4 heterocycles. The summed E-state index contributed by atoms with van der Waals surface area (Å²) in [5.41, 5.74) is 1.10. The van der Waals surface area contributed by atoms with Crippen molar-refractivity contribution in [1.82, 2.24) is 14.3 Å². The fraction of sp³-hybridized carbons (Fsp3) is 0.647. The molecule has 4 rings (SSSR count). The molecular formula is C17H23N3O2S. The molecular weight excluding hydrogens is 310 g/mol. The molecule has 0 radical (unpaired) electrons. The topological polar surface area (TPSA) is 46.8 Å². The molecule has 6 heteroatoms. The van der Waals surface area contributed by atoms with Crippen molar-refractivity contribution >= 4 is 22.1 Å². The average Bonchev–Trinajstić information content (AvgIpc) is 3.19. The number of hydrogen-bond acceptors (Lipinski definition) is 4. The first-order valence-corrected chi connectivity index (χ1v) is 9.44. The number of ether oxygens (including phenoxy) is 1. The minimum Gasteiger partial charge on any atom is -0.381 e. The predicted octanol–water partition coefficient (Wildman–Crippen LogP) is 3.18. The van der Waals surface area contributed by atoms with Gasteiger partial charge in [0.05, 0.1) is 11.7 Å². The van der Waals surface area contributed by atoms with E-state index in [1.165, 1.54) is 11.3 Å². The number of piperidine rings is 1. The monoisotopic (exact) mass is 333 g/mol. The van der Waals surface area contributed by atoms with Gasteiger partial charge in [-0.1, -0.05) is 0 Å². The molecule has 0 unspecified atom stereocenters. The summed E-state index contributed by atoms with van der Waals surface area (Å²) in [5.74, 6) is 1.46. The maximum atomic E-state index is 13.1. The van der Waals surface area contributed by atoms with Gasteiger partial charge >= 0.3 is 0 Å². The van der Waals surface area contributed by atoms with Crippen LogP contribution in [-0.2, 0) is 9.53 Å². The average molecular weight is 333 g/mol. The van der Waals surface area contributed by atoms with Gasteiger partial charge in [0.1, 0.15) is 10.7 Å². The number of imidazole rings is 1. The number of nitrogens with zero attached hydrogens (tertiary/aromatic N) is 3. The van der Waals surface area contributed by atoms with Crippen LogP contribution in [0.2, 0.25) is 0 Å². The van der Waals surface area contributed by atoms with E-state index in [0.29, 0.717) is 19.1 Å². The van der Waals surface area contributed by atoms with Crippen molar-refractivity contribution in [3.63, 3.8) is 0 Å². The summed E-state index contributed by atoms with van der Waals surface area (Å²) in [6.07, 6.45) is 7.09. The normalized spacial score (nSPS) is 23.5. The van der Waals surface area contributed by atoms with Crippen LogP contribution in [0, 0.1) is 12.8 Å². The molecule has 0 aromatic carbocycles. The molecule has 0 N–H and O–H groups in total. The van der Waals surface area contributed by atoms with Crippen molar-refractivity contribution < 1.29 is 9.53 Å². The van der Waals surface area contributed by atoms with E-state index < -0.39 is 0 Å². The van der Waals surface area contributed by atoms with E-state index in [0.717, 1.165) is 43.7 Å². The zero-order valence-corrected chi connectivity index (χ0v) is 14.3. The van der Waals surface area contributed by atoms with Gasteiger partial charge in [0, 0.05) is 37.3 Å². The van der Waals surface area contributed by atoms with E-state index in [1.807, 2.05) is 6.92 Å². The molecule has 0 aliphatic carbocycles. The van der Waals surface area contributed by atoms with Crippen LogP contribution >= 0.6 is 11.3 Å². The summed E-state index contributed by atoms with van der Waals surface area (Å²) in [4.78, 5) is 21.2. The van der Waals surface area contributed by atoms with Gasteiger partial charge in [-0.05, 0) is 39.0 Å². The third-order valence-corrected chi connectivity index (χ3v) is 6.02. The molecule has 2 aliphatic heterocycles. The molecule has 124 valence electrons. The van der Waals surface area contributed by atoms with Crippen molar-refractivity contribution in [1.29, 1.82) is 0 Å². The molecule has 0 bridgehead atoms. The maximum Gasteiger partial charge on any atom is 0.226 e. The minimum atomic E-state index is 0.131. The Morgan fingerprint density at radius 2 is 2.13 bits per heavy atom. The number of aryl methyl sites for hydroxylation is 1. The van der Waals surface area contributed by atoms with Crippen LogP contribution in [0.4, 0.5) is 0 Å². The Labute approximate surface area is 140 Å². The molecule has 0 saturated carbocycles. The molecule has 1 amide bonds. The lowest BCUT2D eigenvalue weighted by molar-refractivity contribution is -0.142. The third kappa shape index (κ3) is 2.68. The number of aromatic nitrogens is 2. The molecule has 23 heavy (non-hydrogen) atoms. The lowest BCUT2D eigenvalue weighted by Crippen LogP contribution is -2.43. The van der Waals surface area contributed by atoms with Gasteiger partial charge < -0.3 is 9.64 Å². The van der Waals surface area contributed by atoms with E-state index in [9.17, 15) is 4.79 Å². The second kappa shape index (κ2) is 6.24. The van der Waals surface area contributed by atoms with Crippen molar-refractivity contribution in [2.45, 2.75) is 45.1 Å². The van der Waals surface area contributed by atoms with Crippen LogP contribution in [0.5, 0.6) is 0 Å². The Kier molecular flexibility index (Phi) is 4.11. The molecule has 0 spiro atoms. The number of fused-ring (bicyclic) bond motifs is 1. The number of rotatable bonds is 2. The first kappa shape index (κ1) is 15.1. The molecule has 2 saturated heterocycles.